The van der Waals surface area contributed by atoms with E-state index in [1.165, 1.54) is 12.8 Å². The first-order chi connectivity index (χ1) is 5.77. The number of nitrogens with one attached hydrogen (secondary N) is 1. The van der Waals surface area contributed by atoms with Crippen molar-refractivity contribution in [1.29, 1.82) is 0 Å². The second-order valence-electron chi connectivity index (χ2n) is 2.91. The summed E-state index contributed by atoms with van der Waals surface area (Å²) in [5, 5.41) is 3.85. The molecule has 13 heavy (non-hydrogen) atoms. The molecule has 0 aromatic carbocycles. The van der Waals surface area contributed by atoms with E-state index in [-0.39, 0.29) is 29.6 Å². The first-order valence-corrected chi connectivity index (χ1v) is 4.70. The summed E-state index contributed by atoms with van der Waals surface area (Å²) in [5.41, 5.74) is 0. The van der Waals surface area contributed by atoms with Crippen molar-refractivity contribution in [3.05, 3.63) is 17.3 Å². The van der Waals surface area contributed by atoms with Gasteiger partial charge in [-0.3, -0.25) is 0 Å². The minimum absolute atomic E-state index is 0. The van der Waals surface area contributed by atoms with E-state index in [1.807, 2.05) is 0 Å². The van der Waals surface area contributed by atoms with Crippen LogP contribution < -0.4 is 5.32 Å². The van der Waals surface area contributed by atoms with Crippen molar-refractivity contribution in [2.24, 2.45) is 0 Å². The normalized spacial score (nSPS) is 14.9. The number of thiol groups is 1. The number of rotatable bonds is 2. The molecule has 5 heteroatoms. The van der Waals surface area contributed by atoms with E-state index in [1.54, 1.807) is 12.3 Å². The Morgan fingerprint density at radius 3 is 2.85 bits per heavy atom. The number of hydrogen-bond acceptors (Lipinski definition) is 3. The summed E-state index contributed by atoms with van der Waals surface area (Å²) in [6, 6.07) is 2.36. The van der Waals surface area contributed by atoms with Gasteiger partial charge in [-0.1, -0.05) is 11.6 Å². The summed E-state index contributed by atoms with van der Waals surface area (Å²) >= 11 is 10.2. The van der Waals surface area contributed by atoms with Crippen LogP contribution in [0.5, 0.6) is 0 Å². The van der Waals surface area contributed by atoms with Crippen LogP contribution in [0.25, 0.3) is 0 Å². The number of anilines is 1. The zero-order valence-corrected chi connectivity index (χ0v) is 11.1. The van der Waals surface area contributed by atoms with Crippen LogP contribution in [0.3, 0.4) is 0 Å². The van der Waals surface area contributed by atoms with E-state index in [0.717, 1.165) is 10.7 Å². The van der Waals surface area contributed by atoms with Gasteiger partial charge in [0, 0.05) is 46.7 Å². The largest absolute Gasteiger partial charge is 0.366 e. The molecule has 1 aromatic heterocycles. The second-order valence-corrected chi connectivity index (χ2v) is 3.77. The van der Waals surface area contributed by atoms with Crippen LogP contribution in [-0.4, -0.2) is 40.6 Å². The summed E-state index contributed by atoms with van der Waals surface area (Å²) in [4.78, 5) is 4.90. The average Bonchev–Trinajstić information content (AvgIpc) is 2.83. The van der Waals surface area contributed by atoms with Crippen LogP contribution in [0, 0.1) is 0 Å². The summed E-state index contributed by atoms with van der Waals surface area (Å²) in [5.74, 6) is 0.756. The Morgan fingerprint density at radius 1 is 1.54 bits per heavy atom. The maximum absolute atomic E-state index is 5.96. The molecule has 1 radical (unpaired) electrons. The Balaban J connectivity index is 0.000000845. The fourth-order valence-corrected chi connectivity index (χ4v) is 1.29. The molecule has 1 saturated carbocycles. The van der Waals surface area contributed by atoms with Crippen LogP contribution in [0.15, 0.2) is 17.2 Å². The van der Waals surface area contributed by atoms with Gasteiger partial charge in [0.15, 0.2) is 0 Å². The predicted octanol–water partition coefficient (Wildman–Crippen LogP) is 2.22. The van der Waals surface area contributed by atoms with Crippen LogP contribution in [0.2, 0.25) is 5.02 Å². The summed E-state index contributed by atoms with van der Waals surface area (Å²) in [6.45, 7) is 0. The van der Waals surface area contributed by atoms with E-state index < -0.39 is 0 Å². The number of hydrogen-bond donors (Lipinski definition) is 2. The van der Waals surface area contributed by atoms with E-state index in [4.69, 9.17) is 11.6 Å². The molecule has 2 rings (SSSR count). The van der Waals surface area contributed by atoms with Crippen molar-refractivity contribution >= 4 is 59.6 Å². The number of aromatic nitrogens is 1. The predicted molar refractivity (Wildman–Crippen MR) is 58.9 cm³/mol. The molecule has 0 saturated heterocycles. The second kappa shape index (κ2) is 4.89. The Bertz CT molecular complexity index is 304. The SMILES string of the molecule is Sc1ccnc(NC2CC2)c1Cl.[Na]. The van der Waals surface area contributed by atoms with Crippen molar-refractivity contribution in [3.63, 3.8) is 0 Å². The van der Waals surface area contributed by atoms with Crippen molar-refractivity contribution in [3.8, 4) is 0 Å². The third-order valence-electron chi connectivity index (χ3n) is 1.79. The van der Waals surface area contributed by atoms with Gasteiger partial charge in [0.25, 0.3) is 0 Å². The van der Waals surface area contributed by atoms with E-state index in [2.05, 4.69) is 22.9 Å². The molecule has 0 spiro atoms. The third kappa shape index (κ3) is 3.03. The summed E-state index contributed by atoms with van der Waals surface area (Å²) in [7, 11) is 0. The molecule has 1 aliphatic rings. The third-order valence-corrected chi connectivity index (χ3v) is 2.67. The minimum Gasteiger partial charge on any atom is -0.366 e. The zero-order valence-electron chi connectivity index (χ0n) is 7.42. The summed E-state index contributed by atoms with van der Waals surface area (Å²) in [6.07, 6.45) is 4.14. The maximum atomic E-state index is 5.96. The molecule has 1 aromatic rings. The van der Waals surface area contributed by atoms with Crippen molar-refractivity contribution in [2.75, 3.05) is 5.32 Å². The number of nitrogens with zero attached hydrogens (tertiary/aromatic N) is 1. The molecular formula is C8H9ClN2NaS. The van der Waals surface area contributed by atoms with Gasteiger partial charge in [0.2, 0.25) is 0 Å². The van der Waals surface area contributed by atoms with Gasteiger partial charge in [-0.15, -0.1) is 12.6 Å². The van der Waals surface area contributed by atoms with E-state index in [9.17, 15) is 0 Å². The minimum atomic E-state index is 0. The van der Waals surface area contributed by atoms with Gasteiger partial charge in [-0.2, -0.15) is 0 Å². The van der Waals surface area contributed by atoms with Crippen molar-refractivity contribution in [2.45, 2.75) is 23.8 Å². The molecule has 0 aliphatic heterocycles. The van der Waals surface area contributed by atoms with E-state index in [0.29, 0.717) is 11.1 Å². The van der Waals surface area contributed by atoms with E-state index >= 15 is 0 Å². The summed E-state index contributed by atoms with van der Waals surface area (Å²) < 4.78 is 0. The molecule has 1 aliphatic carbocycles. The molecular weight excluding hydrogens is 215 g/mol. The smallest absolute Gasteiger partial charge is 0.146 e. The Morgan fingerprint density at radius 2 is 2.23 bits per heavy atom. The molecule has 1 fully saturated rings. The van der Waals surface area contributed by atoms with Gasteiger partial charge in [-0.05, 0) is 18.9 Å². The topological polar surface area (TPSA) is 24.9 Å². The standard InChI is InChI=1S/C8H9ClN2S.Na/c9-7-6(12)3-4-10-8(7)11-5-1-2-5;/h3-5H,1-2H2,(H2,10,11,12);. The van der Waals surface area contributed by atoms with Gasteiger partial charge in [0.1, 0.15) is 5.82 Å². The van der Waals surface area contributed by atoms with Gasteiger partial charge in [0.05, 0.1) is 5.02 Å². The molecule has 1 heterocycles. The number of pyridine rings is 1. The van der Waals surface area contributed by atoms with Crippen LogP contribution in [-0.2, 0) is 0 Å². The monoisotopic (exact) mass is 223 g/mol. The number of halogens is 1. The van der Waals surface area contributed by atoms with Gasteiger partial charge < -0.3 is 5.32 Å². The molecule has 65 valence electrons. The molecule has 0 amide bonds. The van der Waals surface area contributed by atoms with Crippen LogP contribution >= 0.6 is 24.2 Å². The maximum Gasteiger partial charge on any atom is 0.146 e. The average molecular weight is 224 g/mol. The van der Waals surface area contributed by atoms with Crippen molar-refractivity contribution in [1.82, 2.24) is 4.98 Å². The fraction of sp³-hybridized carbons (Fsp3) is 0.375. The molecule has 2 nitrogen and oxygen atoms in total. The van der Waals surface area contributed by atoms with Crippen LogP contribution in [0.4, 0.5) is 5.82 Å². The molecule has 0 unspecified atom stereocenters. The van der Waals surface area contributed by atoms with Gasteiger partial charge >= 0.3 is 0 Å². The van der Waals surface area contributed by atoms with Crippen LogP contribution in [0.1, 0.15) is 12.8 Å². The fourth-order valence-electron chi connectivity index (χ4n) is 0.955. The molecule has 0 bridgehead atoms. The first kappa shape index (κ1) is 11.7. The Kier molecular flexibility index (Phi) is 4.39. The Hall–Kier alpha value is 0.590. The molecule has 1 N–H and O–H groups in total. The zero-order chi connectivity index (χ0) is 8.55. The molecule has 0 atom stereocenters. The Labute approximate surface area is 110 Å². The first-order valence-electron chi connectivity index (χ1n) is 3.87. The van der Waals surface area contributed by atoms with Crippen molar-refractivity contribution < 1.29 is 0 Å². The van der Waals surface area contributed by atoms with Gasteiger partial charge in [-0.25, -0.2) is 4.98 Å². The quantitative estimate of drug-likeness (QED) is 0.594.